The maximum absolute atomic E-state index is 13.8. The molecule has 0 aliphatic heterocycles. The van der Waals surface area contributed by atoms with Crippen LogP contribution in [0.25, 0.3) is 55.8 Å². The number of aromatic amines is 2. The number of rotatable bonds is 3. The maximum atomic E-state index is 13.8. The lowest BCUT2D eigenvalue weighted by atomic mass is 10.1. The zero-order valence-electron chi connectivity index (χ0n) is 17.1. The summed E-state index contributed by atoms with van der Waals surface area (Å²) in [6.45, 7) is 2.01. The number of pyridine rings is 3. The molecule has 0 unspecified atom stereocenters. The summed E-state index contributed by atoms with van der Waals surface area (Å²) in [5, 5.41) is 8.47. The summed E-state index contributed by atoms with van der Waals surface area (Å²) < 4.78 is 13.8. The monoisotopic (exact) mass is 420 g/mol. The van der Waals surface area contributed by atoms with Crippen molar-refractivity contribution in [2.24, 2.45) is 0 Å². The number of fused-ring (bicyclic) bond motifs is 2. The van der Waals surface area contributed by atoms with Crippen molar-refractivity contribution in [1.82, 2.24) is 30.1 Å². The van der Waals surface area contributed by atoms with Gasteiger partial charge in [-0.3, -0.25) is 15.1 Å². The molecule has 6 aromatic rings. The van der Waals surface area contributed by atoms with Crippen molar-refractivity contribution in [3.8, 4) is 33.9 Å². The van der Waals surface area contributed by atoms with Crippen LogP contribution < -0.4 is 0 Å². The van der Waals surface area contributed by atoms with E-state index < -0.39 is 0 Å². The number of benzene rings is 1. The van der Waals surface area contributed by atoms with Crippen LogP contribution in [0.15, 0.2) is 73.2 Å². The zero-order chi connectivity index (χ0) is 21.7. The van der Waals surface area contributed by atoms with Gasteiger partial charge in [0.15, 0.2) is 0 Å². The van der Waals surface area contributed by atoms with Crippen molar-refractivity contribution >= 4 is 21.9 Å². The molecule has 6 nitrogen and oxygen atoms in total. The molecular weight excluding hydrogens is 403 g/mol. The second-order valence-electron chi connectivity index (χ2n) is 7.73. The molecule has 5 aromatic heterocycles. The molecule has 0 radical (unpaired) electrons. The lowest BCUT2D eigenvalue weighted by Gasteiger charge is -2.02. The fourth-order valence-electron chi connectivity index (χ4n) is 3.99. The summed E-state index contributed by atoms with van der Waals surface area (Å²) in [5.74, 6) is -0.294. The van der Waals surface area contributed by atoms with Gasteiger partial charge >= 0.3 is 0 Å². The van der Waals surface area contributed by atoms with Crippen molar-refractivity contribution < 1.29 is 4.39 Å². The summed E-state index contributed by atoms with van der Waals surface area (Å²) in [6, 6.07) is 16.3. The Morgan fingerprint density at radius 1 is 0.875 bits per heavy atom. The van der Waals surface area contributed by atoms with E-state index in [2.05, 4.69) is 31.2 Å². The first-order chi connectivity index (χ1) is 15.7. The van der Waals surface area contributed by atoms with Crippen molar-refractivity contribution in [3.05, 3.63) is 84.6 Å². The Labute approximate surface area is 182 Å². The molecule has 0 bridgehead atoms. The first kappa shape index (κ1) is 18.4. The van der Waals surface area contributed by atoms with E-state index in [9.17, 15) is 4.39 Å². The van der Waals surface area contributed by atoms with Crippen LogP contribution in [0.2, 0.25) is 0 Å². The normalized spacial score (nSPS) is 11.4. The number of aryl methyl sites for hydroxylation is 1. The fourth-order valence-corrected chi connectivity index (χ4v) is 3.99. The van der Waals surface area contributed by atoms with Crippen molar-refractivity contribution in [2.75, 3.05) is 0 Å². The molecule has 0 saturated carbocycles. The SMILES string of the molecule is Cc1cncc(-c2ccc3[nH]nc(-c4cc5c(-c6cccc(F)c6)nccc5[nH]4)c3n2)c1. The van der Waals surface area contributed by atoms with E-state index in [1.807, 2.05) is 43.5 Å². The van der Waals surface area contributed by atoms with Gasteiger partial charge in [0.05, 0.1) is 22.6 Å². The molecule has 0 fully saturated rings. The topological polar surface area (TPSA) is 83.1 Å². The molecule has 0 aliphatic rings. The molecule has 0 saturated heterocycles. The Hall–Kier alpha value is -4.39. The van der Waals surface area contributed by atoms with Gasteiger partial charge in [-0.1, -0.05) is 12.1 Å². The smallest absolute Gasteiger partial charge is 0.135 e. The highest BCUT2D eigenvalue weighted by Crippen LogP contribution is 2.33. The minimum Gasteiger partial charge on any atom is -0.353 e. The van der Waals surface area contributed by atoms with Crippen molar-refractivity contribution in [1.29, 1.82) is 0 Å². The Bertz CT molecular complexity index is 1610. The highest BCUT2D eigenvalue weighted by Gasteiger charge is 2.16. The zero-order valence-corrected chi connectivity index (χ0v) is 17.1. The summed E-state index contributed by atoms with van der Waals surface area (Å²) in [7, 11) is 0. The largest absolute Gasteiger partial charge is 0.353 e. The van der Waals surface area contributed by atoms with Crippen LogP contribution >= 0.6 is 0 Å². The Kier molecular flexibility index (Phi) is 4.07. The van der Waals surface area contributed by atoms with E-state index >= 15 is 0 Å². The van der Waals surface area contributed by atoms with Crippen LogP contribution in [-0.2, 0) is 0 Å². The Balaban J connectivity index is 1.51. The quantitative estimate of drug-likeness (QED) is 0.386. The molecule has 154 valence electrons. The molecule has 0 aliphatic carbocycles. The first-order valence-electron chi connectivity index (χ1n) is 10.2. The second-order valence-corrected chi connectivity index (χ2v) is 7.73. The molecule has 1 aromatic carbocycles. The van der Waals surface area contributed by atoms with Gasteiger partial charge < -0.3 is 4.98 Å². The van der Waals surface area contributed by atoms with Gasteiger partial charge in [0.1, 0.15) is 17.0 Å². The molecule has 7 heteroatoms. The van der Waals surface area contributed by atoms with E-state index in [0.717, 1.165) is 50.0 Å². The van der Waals surface area contributed by atoms with Crippen LogP contribution in [0.1, 0.15) is 5.56 Å². The van der Waals surface area contributed by atoms with Crippen LogP contribution in [0.3, 0.4) is 0 Å². The average molecular weight is 420 g/mol. The fraction of sp³-hybridized carbons (Fsp3) is 0.0400. The van der Waals surface area contributed by atoms with Crippen LogP contribution in [-0.4, -0.2) is 30.1 Å². The minimum absolute atomic E-state index is 0.294. The Morgan fingerprint density at radius 3 is 2.69 bits per heavy atom. The lowest BCUT2D eigenvalue weighted by Crippen LogP contribution is -1.87. The van der Waals surface area contributed by atoms with Gasteiger partial charge in [0.2, 0.25) is 0 Å². The molecule has 0 atom stereocenters. The van der Waals surface area contributed by atoms with Gasteiger partial charge in [0.25, 0.3) is 0 Å². The number of H-pyrrole nitrogens is 2. The highest BCUT2D eigenvalue weighted by molar-refractivity contribution is 5.99. The van der Waals surface area contributed by atoms with Gasteiger partial charge in [0, 0.05) is 40.6 Å². The predicted octanol–water partition coefficient (Wildman–Crippen LogP) is 5.68. The molecule has 6 rings (SSSR count). The molecule has 0 amide bonds. The number of aromatic nitrogens is 6. The maximum Gasteiger partial charge on any atom is 0.135 e. The molecular formula is C25H17FN6. The van der Waals surface area contributed by atoms with E-state index in [1.165, 1.54) is 12.1 Å². The lowest BCUT2D eigenvalue weighted by molar-refractivity contribution is 0.628. The summed E-state index contributed by atoms with van der Waals surface area (Å²) in [4.78, 5) is 17.1. The third-order valence-electron chi connectivity index (χ3n) is 5.48. The van der Waals surface area contributed by atoms with Crippen LogP contribution in [0.4, 0.5) is 4.39 Å². The predicted molar refractivity (Wildman–Crippen MR) is 122 cm³/mol. The van der Waals surface area contributed by atoms with E-state index in [1.54, 1.807) is 18.5 Å². The molecule has 2 N–H and O–H groups in total. The Morgan fingerprint density at radius 2 is 1.81 bits per heavy atom. The van der Waals surface area contributed by atoms with Gasteiger partial charge in [-0.2, -0.15) is 5.10 Å². The van der Waals surface area contributed by atoms with E-state index in [4.69, 9.17) is 4.98 Å². The first-order valence-corrected chi connectivity index (χ1v) is 10.2. The van der Waals surface area contributed by atoms with Gasteiger partial charge in [-0.25, -0.2) is 9.37 Å². The van der Waals surface area contributed by atoms with Crippen molar-refractivity contribution in [2.45, 2.75) is 6.92 Å². The number of hydrogen-bond acceptors (Lipinski definition) is 4. The van der Waals surface area contributed by atoms with Gasteiger partial charge in [-0.15, -0.1) is 0 Å². The minimum atomic E-state index is -0.294. The standard InChI is InChI=1S/C25H17FN6/c1-14-9-16(13-27-12-14)19-5-6-21-24(30-19)25(32-31-21)22-11-18-20(29-22)7-8-28-23(18)15-3-2-4-17(26)10-15/h2-13,29H,1H3,(H,31,32). The van der Waals surface area contributed by atoms with E-state index in [-0.39, 0.29) is 5.82 Å². The summed E-state index contributed by atoms with van der Waals surface area (Å²) >= 11 is 0. The highest BCUT2D eigenvalue weighted by atomic mass is 19.1. The third kappa shape index (κ3) is 3.02. The molecule has 32 heavy (non-hydrogen) atoms. The van der Waals surface area contributed by atoms with Gasteiger partial charge in [-0.05, 0) is 55.0 Å². The third-order valence-corrected chi connectivity index (χ3v) is 5.48. The molecule has 0 spiro atoms. The summed E-state index contributed by atoms with van der Waals surface area (Å²) in [5.41, 5.74) is 8.30. The number of halogens is 1. The van der Waals surface area contributed by atoms with E-state index in [0.29, 0.717) is 11.4 Å². The number of hydrogen-bond donors (Lipinski definition) is 2. The second kappa shape index (κ2) is 7.09. The van der Waals surface area contributed by atoms with Crippen molar-refractivity contribution in [3.63, 3.8) is 0 Å². The van der Waals surface area contributed by atoms with Crippen LogP contribution in [0, 0.1) is 12.7 Å². The number of nitrogens with one attached hydrogen (secondary N) is 2. The van der Waals surface area contributed by atoms with Crippen LogP contribution in [0.5, 0.6) is 0 Å². The molecule has 5 heterocycles. The number of nitrogens with zero attached hydrogens (tertiary/aromatic N) is 4. The summed E-state index contributed by atoms with van der Waals surface area (Å²) in [6.07, 6.45) is 5.34. The average Bonchev–Trinajstić information content (AvgIpc) is 3.42.